The molecule has 0 aliphatic heterocycles. The molecule has 0 radical (unpaired) electrons. The van der Waals surface area contributed by atoms with Crippen molar-refractivity contribution in [2.24, 2.45) is 5.73 Å². The Hall–Kier alpha value is -3.29. The summed E-state index contributed by atoms with van der Waals surface area (Å²) in [5.41, 5.74) is 5.34. The summed E-state index contributed by atoms with van der Waals surface area (Å²) in [6.07, 6.45) is 0. The zero-order valence-corrected chi connectivity index (χ0v) is 13.1. The first-order chi connectivity index (χ1) is 11.9. The lowest BCUT2D eigenvalue weighted by molar-refractivity contribution is 0.0985. The standard InChI is InChI=1S/C17H13F2N3O3/c1-25-14-6-9(2-4-12(14)19)8-22-16(15(20)23)21-13-5-3-10(18)7-11(13)17(22)24/h2-7H,8H2,1H3,(H2,20,23). The molecule has 0 atom stereocenters. The van der Waals surface area contributed by atoms with E-state index in [1.54, 1.807) is 0 Å². The van der Waals surface area contributed by atoms with E-state index in [2.05, 4.69) is 4.98 Å². The molecule has 1 amide bonds. The first-order valence-electron chi connectivity index (χ1n) is 7.23. The maximum atomic E-state index is 13.5. The number of nitrogens with two attached hydrogens (primary N) is 1. The fourth-order valence-electron chi connectivity index (χ4n) is 2.51. The van der Waals surface area contributed by atoms with Crippen LogP contribution in [-0.4, -0.2) is 22.6 Å². The van der Waals surface area contributed by atoms with Gasteiger partial charge in [0.05, 0.1) is 24.6 Å². The van der Waals surface area contributed by atoms with Crippen molar-refractivity contribution < 1.29 is 18.3 Å². The van der Waals surface area contributed by atoms with Crippen molar-refractivity contribution in [3.05, 3.63) is 69.8 Å². The molecule has 0 unspecified atom stereocenters. The largest absolute Gasteiger partial charge is 0.494 e. The van der Waals surface area contributed by atoms with E-state index in [4.69, 9.17) is 10.5 Å². The van der Waals surface area contributed by atoms with Crippen molar-refractivity contribution >= 4 is 16.8 Å². The van der Waals surface area contributed by atoms with Crippen LogP contribution in [0.25, 0.3) is 10.9 Å². The van der Waals surface area contributed by atoms with Gasteiger partial charge in [-0.05, 0) is 35.9 Å². The van der Waals surface area contributed by atoms with Crippen LogP contribution in [0.3, 0.4) is 0 Å². The van der Waals surface area contributed by atoms with Crippen LogP contribution in [-0.2, 0) is 6.54 Å². The van der Waals surface area contributed by atoms with Gasteiger partial charge in [-0.1, -0.05) is 6.07 Å². The third-order valence-electron chi connectivity index (χ3n) is 3.69. The molecule has 8 heteroatoms. The second-order valence-corrected chi connectivity index (χ2v) is 5.32. The van der Waals surface area contributed by atoms with Crippen molar-refractivity contribution in [2.45, 2.75) is 6.54 Å². The molecule has 3 aromatic rings. The Labute approximate surface area is 140 Å². The zero-order chi connectivity index (χ0) is 18.1. The van der Waals surface area contributed by atoms with E-state index in [0.717, 1.165) is 16.7 Å². The molecule has 0 aliphatic rings. The maximum absolute atomic E-state index is 13.5. The van der Waals surface area contributed by atoms with E-state index in [1.165, 1.54) is 31.4 Å². The number of primary amides is 1. The molecule has 128 valence electrons. The van der Waals surface area contributed by atoms with Crippen LogP contribution >= 0.6 is 0 Å². The molecule has 0 fully saturated rings. The molecule has 0 aliphatic carbocycles. The normalized spacial score (nSPS) is 10.8. The van der Waals surface area contributed by atoms with Gasteiger partial charge in [0.15, 0.2) is 11.6 Å². The van der Waals surface area contributed by atoms with Gasteiger partial charge in [0.2, 0.25) is 5.82 Å². The number of carbonyl (C=O) groups is 1. The molecular formula is C17H13F2N3O3. The van der Waals surface area contributed by atoms with Crippen molar-refractivity contribution in [2.75, 3.05) is 7.11 Å². The summed E-state index contributed by atoms with van der Waals surface area (Å²) in [4.78, 5) is 28.4. The average Bonchev–Trinajstić information content (AvgIpc) is 2.59. The predicted octanol–water partition coefficient (Wildman–Crippen LogP) is 1.83. The number of ether oxygens (including phenoxy) is 1. The van der Waals surface area contributed by atoms with Crippen LogP contribution in [0.15, 0.2) is 41.2 Å². The summed E-state index contributed by atoms with van der Waals surface area (Å²) < 4.78 is 32.9. The van der Waals surface area contributed by atoms with E-state index in [9.17, 15) is 18.4 Å². The molecule has 3 rings (SSSR count). The molecule has 2 aromatic carbocycles. The van der Waals surface area contributed by atoms with Crippen LogP contribution in [0.1, 0.15) is 16.2 Å². The fraction of sp³-hybridized carbons (Fsp3) is 0.118. The van der Waals surface area contributed by atoms with Gasteiger partial charge in [-0.15, -0.1) is 0 Å². The first kappa shape index (κ1) is 16.6. The Bertz CT molecular complexity index is 1050. The smallest absolute Gasteiger partial charge is 0.284 e. The highest BCUT2D eigenvalue weighted by Crippen LogP contribution is 2.19. The van der Waals surface area contributed by atoms with Crippen molar-refractivity contribution in [3.8, 4) is 5.75 Å². The number of methoxy groups -OCH3 is 1. The Kier molecular flexibility index (Phi) is 4.18. The molecule has 0 bridgehead atoms. The number of aromatic nitrogens is 2. The van der Waals surface area contributed by atoms with Gasteiger partial charge in [0.1, 0.15) is 5.82 Å². The third kappa shape index (κ3) is 3.06. The number of benzene rings is 2. The molecule has 0 saturated heterocycles. The first-order valence-corrected chi connectivity index (χ1v) is 7.23. The second-order valence-electron chi connectivity index (χ2n) is 5.32. The van der Waals surface area contributed by atoms with E-state index in [-0.39, 0.29) is 29.0 Å². The molecule has 25 heavy (non-hydrogen) atoms. The van der Waals surface area contributed by atoms with Gasteiger partial charge < -0.3 is 10.5 Å². The molecule has 0 saturated carbocycles. The fourth-order valence-corrected chi connectivity index (χ4v) is 2.51. The van der Waals surface area contributed by atoms with E-state index in [1.807, 2.05) is 0 Å². The number of rotatable bonds is 4. The maximum Gasteiger partial charge on any atom is 0.284 e. The van der Waals surface area contributed by atoms with Gasteiger partial charge in [0, 0.05) is 0 Å². The second kappa shape index (κ2) is 6.31. The van der Waals surface area contributed by atoms with E-state index in [0.29, 0.717) is 5.56 Å². The Morgan fingerprint density at radius 1 is 1.24 bits per heavy atom. The van der Waals surface area contributed by atoms with Gasteiger partial charge in [-0.3, -0.25) is 14.2 Å². The minimum Gasteiger partial charge on any atom is -0.494 e. The summed E-state index contributed by atoms with van der Waals surface area (Å²) in [7, 11) is 1.31. The molecule has 0 spiro atoms. The lowest BCUT2D eigenvalue weighted by Crippen LogP contribution is -2.31. The summed E-state index contributed by atoms with van der Waals surface area (Å²) >= 11 is 0. The lowest BCUT2D eigenvalue weighted by Gasteiger charge is -2.12. The molecule has 6 nitrogen and oxygen atoms in total. The minimum absolute atomic E-state index is 0.00836. The summed E-state index contributed by atoms with van der Waals surface area (Å²) in [6, 6.07) is 7.47. The number of hydrogen-bond donors (Lipinski definition) is 1. The number of amides is 1. The van der Waals surface area contributed by atoms with Crippen molar-refractivity contribution in [1.82, 2.24) is 9.55 Å². The molecule has 2 N–H and O–H groups in total. The van der Waals surface area contributed by atoms with Crippen molar-refractivity contribution in [3.63, 3.8) is 0 Å². The van der Waals surface area contributed by atoms with Gasteiger partial charge in [-0.2, -0.15) is 0 Å². The van der Waals surface area contributed by atoms with Crippen LogP contribution in [0.4, 0.5) is 8.78 Å². The Morgan fingerprint density at radius 2 is 2.00 bits per heavy atom. The highest BCUT2D eigenvalue weighted by atomic mass is 19.1. The zero-order valence-electron chi connectivity index (χ0n) is 13.1. The third-order valence-corrected chi connectivity index (χ3v) is 3.69. The Balaban J connectivity index is 2.20. The van der Waals surface area contributed by atoms with Crippen LogP contribution in [0.5, 0.6) is 5.75 Å². The predicted molar refractivity (Wildman–Crippen MR) is 86.5 cm³/mol. The van der Waals surface area contributed by atoms with E-state index >= 15 is 0 Å². The van der Waals surface area contributed by atoms with Crippen LogP contribution in [0.2, 0.25) is 0 Å². The highest BCUT2D eigenvalue weighted by molar-refractivity contribution is 5.91. The highest BCUT2D eigenvalue weighted by Gasteiger charge is 2.16. The van der Waals surface area contributed by atoms with Crippen LogP contribution < -0.4 is 16.0 Å². The number of carbonyl (C=O) groups excluding carboxylic acids is 1. The quantitative estimate of drug-likeness (QED) is 0.781. The number of fused-ring (bicyclic) bond motifs is 1. The van der Waals surface area contributed by atoms with E-state index < -0.39 is 23.1 Å². The van der Waals surface area contributed by atoms with Crippen LogP contribution in [0, 0.1) is 11.6 Å². The SMILES string of the molecule is COc1cc(Cn2c(C(N)=O)nc3ccc(F)cc3c2=O)ccc1F. The lowest BCUT2D eigenvalue weighted by atomic mass is 10.2. The number of nitrogens with zero attached hydrogens (tertiary/aromatic N) is 2. The molecule has 1 aromatic heterocycles. The molecular weight excluding hydrogens is 332 g/mol. The summed E-state index contributed by atoms with van der Waals surface area (Å²) in [6.45, 7) is -0.104. The number of halogens is 2. The number of hydrogen-bond acceptors (Lipinski definition) is 4. The van der Waals surface area contributed by atoms with Gasteiger partial charge >= 0.3 is 0 Å². The summed E-state index contributed by atoms with van der Waals surface area (Å²) in [5.74, 6) is -2.35. The Morgan fingerprint density at radius 3 is 2.68 bits per heavy atom. The van der Waals surface area contributed by atoms with Gasteiger partial charge in [-0.25, -0.2) is 13.8 Å². The van der Waals surface area contributed by atoms with Gasteiger partial charge in [0.25, 0.3) is 11.5 Å². The monoisotopic (exact) mass is 345 g/mol. The summed E-state index contributed by atoms with van der Waals surface area (Å²) in [5, 5.41) is 0.0130. The average molecular weight is 345 g/mol. The minimum atomic E-state index is -0.905. The topological polar surface area (TPSA) is 87.2 Å². The molecule has 1 heterocycles. The van der Waals surface area contributed by atoms with Crippen molar-refractivity contribution in [1.29, 1.82) is 0 Å².